The van der Waals surface area contributed by atoms with Crippen molar-refractivity contribution in [2.45, 2.75) is 13.5 Å². The number of nitro benzene ring substituents is 1. The molecule has 0 spiro atoms. The number of benzene rings is 1. The summed E-state index contributed by atoms with van der Waals surface area (Å²) in [5, 5.41) is 10.9. The summed E-state index contributed by atoms with van der Waals surface area (Å²) in [4.78, 5) is 15.1. The van der Waals surface area contributed by atoms with Crippen molar-refractivity contribution in [3.8, 4) is 11.3 Å². The Hall–Kier alpha value is -2.73. The van der Waals surface area contributed by atoms with Crippen LogP contribution in [-0.4, -0.2) is 14.3 Å². The highest BCUT2D eigenvalue weighted by Crippen LogP contribution is 2.27. The highest BCUT2D eigenvalue weighted by Gasteiger charge is 2.16. The molecular formula is C15H14N4O2. The van der Waals surface area contributed by atoms with Crippen molar-refractivity contribution in [1.29, 1.82) is 0 Å². The normalized spacial score (nSPS) is 11.0. The minimum Gasteiger partial charge on any atom is -0.325 e. The van der Waals surface area contributed by atoms with Crippen molar-refractivity contribution in [3.63, 3.8) is 0 Å². The second kappa shape index (κ2) is 4.99. The Morgan fingerprint density at radius 2 is 2.05 bits per heavy atom. The quantitative estimate of drug-likeness (QED) is 0.591. The molecule has 2 N–H and O–H groups in total. The molecule has 21 heavy (non-hydrogen) atoms. The predicted molar refractivity (Wildman–Crippen MR) is 79.9 cm³/mol. The number of fused-ring (bicyclic) bond motifs is 1. The van der Waals surface area contributed by atoms with Crippen molar-refractivity contribution in [3.05, 3.63) is 64.0 Å². The summed E-state index contributed by atoms with van der Waals surface area (Å²) >= 11 is 0. The van der Waals surface area contributed by atoms with E-state index in [1.165, 1.54) is 12.1 Å². The Kier molecular flexibility index (Phi) is 3.15. The number of imidazole rings is 1. The maximum absolute atomic E-state index is 10.9. The highest BCUT2D eigenvalue weighted by atomic mass is 16.6. The van der Waals surface area contributed by atoms with Crippen LogP contribution in [0.1, 0.15) is 11.4 Å². The van der Waals surface area contributed by atoms with Gasteiger partial charge in [-0.2, -0.15) is 0 Å². The van der Waals surface area contributed by atoms with Gasteiger partial charge in [-0.1, -0.05) is 18.2 Å². The van der Waals surface area contributed by atoms with E-state index in [-0.39, 0.29) is 5.69 Å². The van der Waals surface area contributed by atoms with Gasteiger partial charge in [0, 0.05) is 29.9 Å². The first-order valence-electron chi connectivity index (χ1n) is 6.53. The van der Waals surface area contributed by atoms with Gasteiger partial charge >= 0.3 is 0 Å². The zero-order chi connectivity index (χ0) is 15.0. The lowest BCUT2D eigenvalue weighted by Crippen LogP contribution is -2.04. The SMILES string of the molecule is Cc1cccc2nc(-c3cccc([N+](=O)[O-])c3)c(CN)n12. The van der Waals surface area contributed by atoms with Crippen molar-refractivity contribution in [2.75, 3.05) is 0 Å². The van der Waals surface area contributed by atoms with Gasteiger partial charge in [0.15, 0.2) is 0 Å². The Balaban J connectivity index is 2.27. The van der Waals surface area contributed by atoms with Gasteiger partial charge in [0.2, 0.25) is 0 Å². The fourth-order valence-corrected chi connectivity index (χ4v) is 2.51. The van der Waals surface area contributed by atoms with Gasteiger partial charge in [-0.3, -0.25) is 14.5 Å². The molecule has 0 unspecified atom stereocenters. The smallest absolute Gasteiger partial charge is 0.270 e. The van der Waals surface area contributed by atoms with Crippen LogP contribution in [0.3, 0.4) is 0 Å². The van der Waals surface area contributed by atoms with Crippen LogP contribution in [0.15, 0.2) is 42.5 Å². The minimum atomic E-state index is -0.410. The van der Waals surface area contributed by atoms with Crippen LogP contribution in [0, 0.1) is 17.0 Å². The minimum absolute atomic E-state index is 0.0456. The van der Waals surface area contributed by atoms with Crippen LogP contribution < -0.4 is 5.73 Å². The summed E-state index contributed by atoms with van der Waals surface area (Å²) in [6.07, 6.45) is 0. The molecule has 2 heterocycles. The number of hydrogen-bond donors (Lipinski definition) is 1. The number of rotatable bonds is 3. The number of non-ortho nitro benzene ring substituents is 1. The molecule has 0 aliphatic rings. The van der Waals surface area contributed by atoms with Crippen LogP contribution in [0.5, 0.6) is 0 Å². The molecule has 0 fully saturated rings. The monoisotopic (exact) mass is 282 g/mol. The molecule has 106 valence electrons. The van der Waals surface area contributed by atoms with E-state index < -0.39 is 4.92 Å². The molecule has 0 atom stereocenters. The summed E-state index contributed by atoms with van der Waals surface area (Å²) in [6.45, 7) is 2.29. The number of pyridine rings is 1. The fourth-order valence-electron chi connectivity index (χ4n) is 2.51. The molecule has 3 rings (SSSR count). The van der Waals surface area contributed by atoms with Crippen LogP contribution in [0.25, 0.3) is 16.9 Å². The second-order valence-electron chi connectivity index (χ2n) is 4.78. The largest absolute Gasteiger partial charge is 0.325 e. The summed E-state index contributed by atoms with van der Waals surface area (Å²) in [5.41, 5.74) is 9.97. The average molecular weight is 282 g/mol. The predicted octanol–water partition coefficient (Wildman–Crippen LogP) is 2.68. The van der Waals surface area contributed by atoms with Gasteiger partial charge in [-0.15, -0.1) is 0 Å². The van der Waals surface area contributed by atoms with Crippen molar-refractivity contribution >= 4 is 11.3 Å². The number of hydrogen-bond acceptors (Lipinski definition) is 4. The van der Waals surface area contributed by atoms with Crippen molar-refractivity contribution < 1.29 is 4.92 Å². The first kappa shape index (κ1) is 13.3. The molecule has 0 saturated heterocycles. The van der Waals surface area contributed by atoms with Gasteiger partial charge in [-0.05, 0) is 19.1 Å². The molecule has 0 aliphatic heterocycles. The van der Waals surface area contributed by atoms with Crippen LogP contribution in [0.4, 0.5) is 5.69 Å². The van der Waals surface area contributed by atoms with E-state index >= 15 is 0 Å². The summed E-state index contributed by atoms with van der Waals surface area (Å²) in [5.74, 6) is 0. The maximum atomic E-state index is 10.9. The van der Waals surface area contributed by atoms with Gasteiger partial charge in [-0.25, -0.2) is 4.98 Å². The van der Waals surface area contributed by atoms with E-state index in [2.05, 4.69) is 4.98 Å². The van der Waals surface area contributed by atoms with E-state index in [9.17, 15) is 10.1 Å². The fraction of sp³-hybridized carbons (Fsp3) is 0.133. The molecule has 2 aromatic heterocycles. The van der Waals surface area contributed by atoms with Gasteiger partial charge < -0.3 is 5.73 Å². The zero-order valence-electron chi connectivity index (χ0n) is 11.5. The third-order valence-electron chi connectivity index (χ3n) is 3.46. The standard InChI is InChI=1S/C15H14N4O2/c1-10-4-2-7-14-17-15(13(9-16)18(10)14)11-5-3-6-12(8-11)19(20)21/h2-8H,9,16H2,1H3. The lowest BCUT2D eigenvalue weighted by atomic mass is 10.1. The molecule has 0 amide bonds. The number of nitro groups is 1. The third kappa shape index (κ3) is 2.15. The first-order chi connectivity index (χ1) is 10.1. The van der Waals surface area contributed by atoms with E-state index in [0.717, 1.165) is 17.0 Å². The lowest BCUT2D eigenvalue weighted by Gasteiger charge is -2.05. The highest BCUT2D eigenvalue weighted by molar-refractivity contribution is 5.69. The Labute approximate surface area is 121 Å². The topological polar surface area (TPSA) is 86.5 Å². The molecule has 0 aliphatic carbocycles. The van der Waals surface area contributed by atoms with Crippen molar-refractivity contribution in [2.24, 2.45) is 5.73 Å². The molecule has 1 aromatic carbocycles. The number of nitrogens with zero attached hydrogens (tertiary/aromatic N) is 3. The van der Waals surface area contributed by atoms with E-state index in [1.54, 1.807) is 6.07 Å². The van der Waals surface area contributed by atoms with Gasteiger partial charge in [0.1, 0.15) is 5.65 Å². The number of aromatic nitrogens is 2. The Morgan fingerprint density at radius 3 is 2.76 bits per heavy atom. The number of nitrogens with two attached hydrogens (primary N) is 1. The number of aryl methyl sites for hydroxylation is 1. The molecule has 3 aromatic rings. The molecule has 0 bridgehead atoms. The van der Waals surface area contributed by atoms with E-state index in [1.807, 2.05) is 35.6 Å². The second-order valence-corrected chi connectivity index (χ2v) is 4.78. The zero-order valence-corrected chi connectivity index (χ0v) is 11.5. The third-order valence-corrected chi connectivity index (χ3v) is 3.46. The molecule has 6 heteroatoms. The van der Waals surface area contributed by atoms with E-state index in [0.29, 0.717) is 17.8 Å². The summed E-state index contributed by atoms with van der Waals surface area (Å²) < 4.78 is 1.98. The van der Waals surface area contributed by atoms with Crippen LogP contribution in [-0.2, 0) is 6.54 Å². The Morgan fingerprint density at radius 1 is 1.29 bits per heavy atom. The molecule has 0 radical (unpaired) electrons. The first-order valence-corrected chi connectivity index (χ1v) is 6.53. The van der Waals surface area contributed by atoms with E-state index in [4.69, 9.17) is 5.73 Å². The van der Waals surface area contributed by atoms with Crippen LogP contribution in [0.2, 0.25) is 0 Å². The van der Waals surface area contributed by atoms with Crippen LogP contribution >= 0.6 is 0 Å². The maximum Gasteiger partial charge on any atom is 0.270 e. The summed E-state index contributed by atoms with van der Waals surface area (Å²) in [7, 11) is 0. The lowest BCUT2D eigenvalue weighted by molar-refractivity contribution is -0.384. The average Bonchev–Trinajstić information content (AvgIpc) is 2.87. The molecule has 0 saturated carbocycles. The summed E-state index contributed by atoms with van der Waals surface area (Å²) in [6, 6.07) is 12.3. The molecule has 6 nitrogen and oxygen atoms in total. The van der Waals surface area contributed by atoms with Crippen molar-refractivity contribution in [1.82, 2.24) is 9.38 Å². The van der Waals surface area contributed by atoms with Gasteiger partial charge in [0.05, 0.1) is 16.3 Å². The van der Waals surface area contributed by atoms with Gasteiger partial charge in [0.25, 0.3) is 5.69 Å². The molecular weight excluding hydrogens is 268 g/mol. The Bertz CT molecular complexity index is 839.